The number of nitrogens with one attached hydrogen (secondary N) is 3. The lowest BCUT2D eigenvalue weighted by molar-refractivity contribution is 0.158. The van der Waals surface area contributed by atoms with Gasteiger partial charge in [-0.05, 0) is 30.7 Å². The van der Waals surface area contributed by atoms with Gasteiger partial charge in [-0.15, -0.1) is 0 Å². The van der Waals surface area contributed by atoms with Crippen molar-refractivity contribution in [3.05, 3.63) is 47.3 Å². The second kappa shape index (κ2) is 10.0. The van der Waals surface area contributed by atoms with Crippen LogP contribution in [0.2, 0.25) is 0 Å². The quantitative estimate of drug-likeness (QED) is 0.468. The van der Waals surface area contributed by atoms with Crippen LogP contribution in [0.15, 0.2) is 51.7 Å². The number of fused-ring (bicyclic) bond motifs is 1. The topological polar surface area (TPSA) is 96.1 Å². The van der Waals surface area contributed by atoms with E-state index in [1.54, 1.807) is 12.4 Å². The van der Waals surface area contributed by atoms with E-state index in [1.807, 2.05) is 6.92 Å². The van der Waals surface area contributed by atoms with Crippen molar-refractivity contribution in [3.63, 3.8) is 0 Å². The van der Waals surface area contributed by atoms with Crippen molar-refractivity contribution < 1.29 is 4.74 Å². The van der Waals surface area contributed by atoms with Gasteiger partial charge in [0.15, 0.2) is 0 Å². The minimum Gasteiger partial charge on any atom is -0.383 e. The van der Waals surface area contributed by atoms with Gasteiger partial charge in [-0.25, -0.2) is 0 Å². The highest BCUT2D eigenvalue weighted by molar-refractivity contribution is 6.17. The summed E-state index contributed by atoms with van der Waals surface area (Å²) in [6.45, 7) is 6.30. The first kappa shape index (κ1) is 19.3. The molecule has 0 aliphatic carbocycles. The summed E-state index contributed by atoms with van der Waals surface area (Å²) < 4.78 is 5.35. The van der Waals surface area contributed by atoms with E-state index in [-0.39, 0.29) is 6.04 Å². The Morgan fingerprint density at radius 2 is 2.04 bits per heavy atom. The molecule has 5 N–H and O–H groups in total. The number of anilines is 1. The average Bonchev–Trinajstić information content (AvgIpc) is 2.72. The molecule has 27 heavy (non-hydrogen) atoms. The van der Waals surface area contributed by atoms with Crippen molar-refractivity contribution in [1.29, 1.82) is 0 Å². The molecule has 1 aromatic rings. The third-order valence-corrected chi connectivity index (χ3v) is 4.32. The van der Waals surface area contributed by atoms with E-state index in [9.17, 15) is 0 Å². The molecule has 0 bridgehead atoms. The monoisotopic (exact) mass is 368 g/mol. The molecular formula is C20H28N6O. The molecule has 7 nitrogen and oxygen atoms in total. The van der Waals surface area contributed by atoms with Crippen LogP contribution in [0.5, 0.6) is 0 Å². The SMILES string of the molecule is CCOCCNc1ccc(C2=CC3N=CC=NC3=C(CNCCN)N2)cc1. The highest BCUT2D eigenvalue weighted by atomic mass is 16.5. The highest BCUT2D eigenvalue weighted by Crippen LogP contribution is 2.27. The lowest BCUT2D eigenvalue weighted by atomic mass is 10.0. The summed E-state index contributed by atoms with van der Waals surface area (Å²) in [5, 5.41) is 10.2. The maximum Gasteiger partial charge on any atom is 0.114 e. The van der Waals surface area contributed by atoms with Crippen molar-refractivity contribution in [1.82, 2.24) is 10.6 Å². The molecule has 0 spiro atoms. The number of hydrogen-bond donors (Lipinski definition) is 4. The summed E-state index contributed by atoms with van der Waals surface area (Å²) >= 11 is 0. The average molecular weight is 368 g/mol. The van der Waals surface area contributed by atoms with Gasteiger partial charge in [0, 0.05) is 56.6 Å². The van der Waals surface area contributed by atoms with Crippen LogP contribution in [0.4, 0.5) is 5.69 Å². The van der Waals surface area contributed by atoms with Crippen molar-refractivity contribution in [2.45, 2.75) is 13.0 Å². The third kappa shape index (κ3) is 5.26. The lowest BCUT2D eigenvalue weighted by Gasteiger charge is -2.26. The second-order valence-corrected chi connectivity index (χ2v) is 6.26. The Kier molecular flexibility index (Phi) is 7.15. The highest BCUT2D eigenvalue weighted by Gasteiger charge is 2.23. The fraction of sp³-hybridized carbons (Fsp3) is 0.400. The van der Waals surface area contributed by atoms with E-state index in [4.69, 9.17) is 10.5 Å². The molecule has 1 atom stereocenters. The lowest BCUT2D eigenvalue weighted by Crippen LogP contribution is -2.33. The van der Waals surface area contributed by atoms with Crippen LogP contribution in [0.1, 0.15) is 12.5 Å². The molecule has 7 heteroatoms. The van der Waals surface area contributed by atoms with Gasteiger partial charge in [0.1, 0.15) is 6.04 Å². The number of ether oxygens (including phenoxy) is 1. The zero-order chi connectivity index (χ0) is 18.9. The van der Waals surface area contributed by atoms with Crippen LogP contribution in [0.25, 0.3) is 5.70 Å². The number of benzene rings is 1. The van der Waals surface area contributed by atoms with Gasteiger partial charge in [0.2, 0.25) is 0 Å². The van der Waals surface area contributed by atoms with Gasteiger partial charge in [0.25, 0.3) is 0 Å². The Morgan fingerprint density at radius 1 is 1.19 bits per heavy atom. The van der Waals surface area contributed by atoms with Crippen LogP contribution < -0.4 is 21.7 Å². The van der Waals surface area contributed by atoms with Crippen LogP contribution in [-0.2, 0) is 4.74 Å². The van der Waals surface area contributed by atoms with E-state index in [2.05, 4.69) is 56.3 Å². The Labute approximate surface area is 160 Å². The largest absolute Gasteiger partial charge is 0.383 e. The summed E-state index contributed by atoms with van der Waals surface area (Å²) in [4.78, 5) is 9.06. The van der Waals surface area contributed by atoms with Crippen LogP contribution >= 0.6 is 0 Å². The number of nitrogens with two attached hydrogens (primary N) is 1. The van der Waals surface area contributed by atoms with E-state index < -0.39 is 0 Å². The normalized spacial score (nSPS) is 18.1. The number of dihydropyridines is 1. The molecule has 3 rings (SSSR count). The fourth-order valence-corrected chi connectivity index (χ4v) is 2.99. The minimum atomic E-state index is -0.0510. The number of nitrogens with zero attached hydrogens (tertiary/aromatic N) is 2. The standard InChI is InChI=1S/C20H28N6O/c1-2-27-12-11-23-16-5-3-15(4-6-16)17-13-18-20(25-10-9-24-18)19(26-17)14-22-8-7-21/h3-6,9-10,13,18,22-23,26H,2,7-8,11-12,14,21H2,1H3. The van der Waals surface area contributed by atoms with Crippen molar-refractivity contribution >= 4 is 23.8 Å². The molecule has 0 saturated carbocycles. The van der Waals surface area contributed by atoms with E-state index >= 15 is 0 Å². The van der Waals surface area contributed by atoms with Gasteiger partial charge in [-0.3, -0.25) is 9.98 Å². The van der Waals surface area contributed by atoms with Gasteiger partial charge in [0.05, 0.1) is 18.0 Å². The molecule has 0 aromatic heterocycles. The minimum absolute atomic E-state index is 0.0510. The van der Waals surface area contributed by atoms with Crippen LogP contribution in [0, 0.1) is 0 Å². The fourth-order valence-electron chi connectivity index (χ4n) is 2.99. The molecule has 1 unspecified atom stereocenters. The Morgan fingerprint density at radius 3 is 2.81 bits per heavy atom. The zero-order valence-electron chi connectivity index (χ0n) is 15.7. The molecule has 0 saturated heterocycles. The van der Waals surface area contributed by atoms with Crippen molar-refractivity contribution in [2.24, 2.45) is 15.7 Å². The molecular weight excluding hydrogens is 340 g/mol. The molecule has 0 radical (unpaired) electrons. The summed E-state index contributed by atoms with van der Waals surface area (Å²) in [7, 11) is 0. The summed E-state index contributed by atoms with van der Waals surface area (Å²) in [5.41, 5.74) is 10.8. The molecule has 1 aromatic carbocycles. The molecule has 2 heterocycles. The van der Waals surface area contributed by atoms with E-state index in [0.29, 0.717) is 19.7 Å². The predicted octanol–water partition coefficient (Wildman–Crippen LogP) is 1.36. The van der Waals surface area contributed by atoms with Gasteiger partial charge in [-0.2, -0.15) is 0 Å². The van der Waals surface area contributed by atoms with Crippen molar-refractivity contribution in [3.8, 4) is 0 Å². The molecule has 2 aliphatic rings. The first-order valence-electron chi connectivity index (χ1n) is 9.42. The van der Waals surface area contributed by atoms with E-state index in [0.717, 1.165) is 48.0 Å². The summed E-state index contributed by atoms with van der Waals surface area (Å²) in [6.07, 6.45) is 5.61. The Bertz CT molecular complexity index is 735. The number of rotatable bonds is 10. The second-order valence-electron chi connectivity index (χ2n) is 6.26. The zero-order valence-corrected chi connectivity index (χ0v) is 15.7. The summed E-state index contributed by atoms with van der Waals surface area (Å²) in [6, 6.07) is 8.32. The van der Waals surface area contributed by atoms with Crippen LogP contribution in [-0.4, -0.2) is 57.9 Å². The van der Waals surface area contributed by atoms with E-state index in [1.165, 1.54) is 0 Å². The summed E-state index contributed by atoms with van der Waals surface area (Å²) in [5.74, 6) is 0. The molecule has 144 valence electrons. The number of aliphatic imine (C=N–C) groups is 2. The Hall–Kier alpha value is -2.48. The van der Waals surface area contributed by atoms with Gasteiger partial charge in [-0.1, -0.05) is 12.1 Å². The van der Waals surface area contributed by atoms with Crippen molar-refractivity contribution in [2.75, 3.05) is 44.7 Å². The first-order valence-corrected chi connectivity index (χ1v) is 9.42. The third-order valence-electron chi connectivity index (χ3n) is 4.32. The maximum absolute atomic E-state index is 5.58. The maximum atomic E-state index is 5.58. The molecule has 2 aliphatic heterocycles. The van der Waals surface area contributed by atoms with Gasteiger partial charge < -0.3 is 26.4 Å². The predicted molar refractivity (Wildman–Crippen MR) is 112 cm³/mol. The van der Waals surface area contributed by atoms with Gasteiger partial charge >= 0.3 is 0 Å². The smallest absolute Gasteiger partial charge is 0.114 e. The number of hydrogen-bond acceptors (Lipinski definition) is 7. The Balaban J connectivity index is 1.68. The first-order chi connectivity index (χ1) is 13.3. The molecule has 0 amide bonds. The van der Waals surface area contributed by atoms with Crippen LogP contribution in [0.3, 0.4) is 0 Å². The molecule has 0 fully saturated rings.